The molecule has 0 radical (unpaired) electrons. The van der Waals surface area contributed by atoms with Crippen molar-refractivity contribution in [1.29, 1.82) is 0 Å². The molecular formula is C18H22N2O. The minimum absolute atomic E-state index is 0.0829. The number of nitrogens with zero attached hydrogens (tertiary/aromatic N) is 1. The molecule has 3 rings (SSSR count). The van der Waals surface area contributed by atoms with Gasteiger partial charge in [-0.05, 0) is 61.6 Å². The molecule has 1 heterocycles. The molecule has 110 valence electrons. The first kappa shape index (κ1) is 14.1. The van der Waals surface area contributed by atoms with Gasteiger partial charge in [-0.2, -0.15) is 0 Å². The van der Waals surface area contributed by atoms with E-state index in [1.165, 1.54) is 30.4 Å². The van der Waals surface area contributed by atoms with Crippen molar-refractivity contribution < 1.29 is 0 Å². The summed E-state index contributed by atoms with van der Waals surface area (Å²) in [4.78, 5) is 12.4. The number of hydrogen-bond donors (Lipinski definition) is 1. The SMILES string of the molecule is CNCc1ccc(-c2ccc3c(c2)CCCC3)n(C)c1=O. The molecule has 2 aromatic rings. The molecule has 3 heteroatoms. The van der Waals surface area contributed by atoms with Crippen LogP contribution in [0.5, 0.6) is 0 Å². The Morgan fingerprint density at radius 2 is 1.86 bits per heavy atom. The predicted molar refractivity (Wildman–Crippen MR) is 86.5 cm³/mol. The molecule has 0 aliphatic heterocycles. The third kappa shape index (κ3) is 2.66. The van der Waals surface area contributed by atoms with Crippen molar-refractivity contribution in [3.8, 4) is 11.3 Å². The molecule has 0 bridgehead atoms. The van der Waals surface area contributed by atoms with E-state index in [1.54, 1.807) is 4.57 Å². The summed E-state index contributed by atoms with van der Waals surface area (Å²) in [6, 6.07) is 10.6. The number of fused-ring (bicyclic) bond motifs is 1. The molecule has 0 saturated heterocycles. The van der Waals surface area contributed by atoms with Gasteiger partial charge in [0.15, 0.2) is 0 Å². The van der Waals surface area contributed by atoms with Crippen LogP contribution in [0.4, 0.5) is 0 Å². The second-order valence-electron chi connectivity index (χ2n) is 5.83. The highest BCUT2D eigenvalue weighted by Gasteiger charge is 2.12. The lowest BCUT2D eigenvalue weighted by atomic mass is 9.90. The van der Waals surface area contributed by atoms with Gasteiger partial charge in [-0.3, -0.25) is 4.79 Å². The first-order valence-electron chi connectivity index (χ1n) is 7.66. The summed E-state index contributed by atoms with van der Waals surface area (Å²) >= 11 is 0. The molecule has 0 amide bonds. The van der Waals surface area contributed by atoms with Crippen molar-refractivity contribution in [3.05, 3.63) is 57.4 Å². The minimum atomic E-state index is 0.0829. The average Bonchev–Trinajstić information content (AvgIpc) is 2.52. The Bertz CT molecular complexity index is 716. The number of aryl methyl sites for hydroxylation is 2. The molecule has 1 aromatic carbocycles. The fourth-order valence-electron chi connectivity index (χ4n) is 3.20. The van der Waals surface area contributed by atoms with E-state index in [2.05, 4.69) is 29.6 Å². The Morgan fingerprint density at radius 3 is 2.62 bits per heavy atom. The van der Waals surface area contributed by atoms with Gasteiger partial charge in [-0.25, -0.2) is 0 Å². The van der Waals surface area contributed by atoms with E-state index in [1.807, 2.05) is 20.2 Å². The predicted octanol–water partition coefficient (Wildman–Crippen LogP) is 2.65. The zero-order chi connectivity index (χ0) is 14.8. The van der Waals surface area contributed by atoms with Crippen LogP contribution in [0.1, 0.15) is 29.5 Å². The van der Waals surface area contributed by atoms with Gasteiger partial charge in [0.25, 0.3) is 5.56 Å². The smallest absolute Gasteiger partial charge is 0.255 e. The maximum Gasteiger partial charge on any atom is 0.255 e. The normalized spacial score (nSPS) is 14.0. The van der Waals surface area contributed by atoms with E-state index in [0.717, 1.165) is 23.2 Å². The van der Waals surface area contributed by atoms with Crippen molar-refractivity contribution in [2.75, 3.05) is 7.05 Å². The molecule has 3 nitrogen and oxygen atoms in total. The molecule has 0 saturated carbocycles. The first-order chi connectivity index (χ1) is 10.2. The molecule has 1 aliphatic rings. The Kier molecular flexibility index (Phi) is 3.93. The van der Waals surface area contributed by atoms with Gasteiger partial charge in [0, 0.05) is 19.2 Å². The molecule has 0 unspecified atom stereocenters. The molecule has 1 aromatic heterocycles. The summed E-state index contributed by atoms with van der Waals surface area (Å²) in [5.41, 5.74) is 5.95. The number of benzene rings is 1. The Morgan fingerprint density at radius 1 is 1.10 bits per heavy atom. The zero-order valence-electron chi connectivity index (χ0n) is 12.8. The average molecular weight is 282 g/mol. The fourth-order valence-corrected chi connectivity index (χ4v) is 3.20. The van der Waals surface area contributed by atoms with Crippen LogP contribution in [0.25, 0.3) is 11.3 Å². The minimum Gasteiger partial charge on any atom is -0.315 e. The molecule has 0 fully saturated rings. The number of hydrogen-bond acceptors (Lipinski definition) is 2. The lowest BCUT2D eigenvalue weighted by Crippen LogP contribution is -2.25. The van der Waals surface area contributed by atoms with Crippen LogP contribution in [-0.2, 0) is 26.4 Å². The third-order valence-electron chi connectivity index (χ3n) is 4.39. The summed E-state index contributed by atoms with van der Waals surface area (Å²) in [5, 5.41) is 3.04. The summed E-state index contributed by atoms with van der Waals surface area (Å²) in [5.74, 6) is 0. The van der Waals surface area contributed by atoms with Crippen LogP contribution in [0.3, 0.4) is 0 Å². The Hall–Kier alpha value is -1.87. The van der Waals surface area contributed by atoms with E-state index in [0.29, 0.717) is 6.54 Å². The summed E-state index contributed by atoms with van der Waals surface area (Å²) in [6.07, 6.45) is 4.92. The zero-order valence-corrected chi connectivity index (χ0v) is 12.8. The highest BCUT2D eigenvalue weighted by Crippen LogP contribution is 2.26. The fraction of sp³-hybridized carbons (Fsp3) is 0.389. The molecule has 0 atom stereocenters. The maximum atomic E-state index is 12.4. The molecule has 1 aliphatic carbocycles. The molecule has 1 N–H and O–H groups in total. The largest absolute Gasteiger partial charge is 0.315 e. The van der Waals surface area contributed by atoms with E-state index < -0.39 is 0 Å². The number of nitrogens with one attached hydrogen (secondary N) is 1. The summed E-state index contributed by atoms with van der Waals surface area (Å²) < 4.78 is 1.76. The monoisotopic (exact) mass is 282 g/mol. The van der Waals surface area contributed by atoms with Gasteiger partial charge in [0.2, 0.25) is 0 Å². The van der Waals surface area contributed by atoms with E-state index >= 15 is 0 Å². The second kappa shape index (κ2) is 5.86. The van der Waals surface area contributed by atoms with Gasteiger partial charge in [0.1, 0.15) is 0 Å². The van der Waals surface area contributed by atoms with Crippen LogP contribution < -0.4 is 10.9 Å². The maximum absolute atomic E-state index is 12.4. The van der Waals surface area contributed by atoms with Crippen LogP contribution in [-0.4, -0.2) is 11.6 Å². The summed E-state index contributed by atoms with van der Waals surface area (Å²) in [6.45, 7) is 0.608. The molecule has 21 heavy (non-hydrogen) atoms. The van der Waals surface area contributed by atoms with Crippen LogP contribution in [0.15, 0.2) is 35.1 Å². The Labute approximate surface area is 125 Å². The van der Waals surface area contributed by atoms with Crippen molar-refractivity contribution >= 4 is 0 Å². The summed E-state index contributed by atoms with van der Waals surface area (Å²) in [7, 11) is 3.72. The highest BCUT2D eigenvalue weighted by molar-refractivity contribution is 5.62. The quantitative estimate of drug-likeness (QED) is 0.939. The lowest BCUT2D eigenvalue weighted by molar-refractivity contribution is 0.685. The standard InChI is InChI=1S/C18H22N2O/c1-19-12-16-9-10-17(20(2)18(16)21)15-8-7-13-5-3-4-6-14(13)11-15/h7-11,19H,3-6,12H2,1-2H3. The van der Waals surface area contributed by atoms with E-state index in [4.69, 9.17) is 0 Å². The van der Waals surface area contributed by atoms with Crippen molar-refractivity contribution in [2.24, 2.45) is 7.05 Å². The van der Waals surface area contributed by atoms with Gasteiger partial charge >= 0.3 is 0 Å². The van der Waals surface area contributed by atoms with Crippen LogP contribution >= 0.6 is 0 Å². The molecular weight excluding hydrogens is 260 g/mol. The lowest BCUT2D eigenvalue weighted by Gasteiger charge is -2.18. The van der Waals surface area contributed by atoms with E-state index in [-0.39, 0.29) is 5.56 Å². The topological polar surface area (TPSA) is 34.0 Å². The number of pyridine rings is 1. The molecule has 0 spiro atoms. The van der Waals surface area contributed by atoms with Gasteiger partial charge in [0.05, 0.1) is 5.69 Å². The van der Waals surface area contributed by atoms with Crippen molar-refractivity contribution in [2.45, 2.75) is 32.2 Å². The highest BCUT2D eigenvalue weighted by atomic mass is 16.1. The van der Waals surface area contributed by atoms with Crippen molar-refractivity contribution in [3.63, 3.8) is 0 Å². The van der Waals surface area contributed by atoms with Gasteiger partial charge < -0.3 is 9.88 Å². The second-order valence-corrected chi connectivity index (χ2v) is 5.83. The van der Waals surface area contributed by atoms with Gasteiger partial charge in [-0.15, -0.1) is 0 Å². The van der Waals surface area contributed by atoms with Crippen LogP contribution in [0, 0.1) is 0 Å². The number of rotatable bonds is 3. The number of aromatic nitrogens is 1. The van der Waals surface area contributed by atoms with Crippen molar-refractivity contribution in [1.82, 2.24) is 9.88 Å². The van der Waals surface area contributed by atoms with E-state index in [9.17, 15) is 4.79 Å². The third-order valence-corrected chi connectivity index (χ3v) is 4.39. The Balaban J connectivity index is 2.04. The first-order valence-corrected chi connectivity index (χ1v) is 7.66. The van der Waals surface area contributed by atoms with Crippen LogP contribution in [0.2, 0.25) is 0 Å². The van der Waals surface area contributed by atoms with Gasteiger partial charge in [-0.1, -0.05) is 18.2 Å².